The van der Waals surface area contributed by atoms with Crippen LogP contribution in [0.4, 0.5) is 0 Å². The lowest BCUT2D eigenvalue weighted by Crippen LogP contribution is -2.04. The molecule has 4 heteroatoms. The molecule has 0 fully saturated rings. The van der Waals surface area contributed by atoms with Gasteiger partial charge in [-0.2, -0.15) is 0 Å². The molecule has 0 amide bonds. The number of hydrogen-bond donors (Lipinski definition) is 0. The molecule has 1 unspecified atom stereocenters. The van der Waals surface area contributed by atoms with Crippen molar-refractivity contribution in [3.8, 4) is 0 Å². The molecule has 0 aliphatic heterocycles. The standard InChI is InChI=1S/C11H15BrO3/c1-2-15-11(14)5-3-4-8-6-9(12)7-10(8)13/h6,9H,2-5,7H2,1H3. The molecule has 15 heavy (non-hydrogen) atoms. The highest BCUT2D eigenvalue weighted by Crippen LogP contribution is 2.24. The zero-order valence-electron chi connectivity index (χ0n) is 8.79. The summed E-state index contributed by atoms with van der Waals surface area (Å²) in [5, 5.41) is 0. The second-order valence-electron chi connectivity index (χ2n) is 3.49. The minimum atomic E-state index is -0.182. The zero-order chi connectivity index (χ0) is 11.3. The Labute approximate surface area is 98.0 Å². The van der Waals surface area contributed by atoms with Crippen LogP contribution in [0.3, 0.4) is 0 Å². The van der Waals surface area contributed by atoms with Gasteiger partial charge in [0, 0.05) is 17.7 Å². The maximum absolute atomic E-state index is 11.4. The number of esters is 1. The lowest BCUT2D eigenvalue weighted by Gasteiger charge is -2.01. The molecule has 0 saturated carbocycles. The van der Waals surface area contributed by atoms with Gasteiger partial charge in [0.2, 0.25) is 0 Å². The predicted octanol–water partition coefficient (Wildman–Crippen LogP) is 2.38. The third kappa shape index (κ3) is 4.16. The fraction of sp³-hybridized carbons (Fsp3) is 0.636. The zero-order valence-corrected chi connectivity index (χ0v) is 10.4. The summed E-state index contributed by atoms with van der Waals surface area (Å²) in [6.07, 6.45) is 4.25. The first-order valence-electron chi connectivity index (χ1n) is 5.17. The SMILES string of the molecule is CCOC(=O)CCCC1=CC(Br)CC1=O. The molecule has 0 aromatic rings. The molecule has 0 spiro atoms. The first kappa shape index (κ1) is 12.4. The van der Waals surface area contributed by atoms with E-state index >= 15 is 0 Å². The summed E-state index contributed by atoms with van der Waals surface area (Å²) in [4.78, 5) is 22.6. The lowest BCUT2D eigenvalue weighted by molar-refractivity contribution is -0.143. The van der Waals surface area contributed by atoms with E-state index in [-0.39, 0.29) is 16.6 Å². The Morgan fingerprint density at radius 2 is 2.40 bits per heavy atom. The van der Waals surface area contributed by atoms with Crippen molar-refractivity contribution in [1.29, 1.82) is 0 Å². The van der Waals surface area contributed by atoms with Gasteiger partial charge in [0.15, 0.2) is 5.78 Å². The van der Waals surface area contributed by atoms with Crippen molar-refractivity contribution < 1.29 is 14.3 Å². The van der Waals surface area contributed by atoms with Crippen LogP contribution in [-0.2, 0) is 14.3 Å². The number of halogens is 1. The van der Waals surface area contributed by atoms with E-state index < -0.39 is 0 Å². The summed E-state index contributed by atoms with van der Waals surface area (Å²) < 4.78 is 4.80. The van der Waals surface area contributed by atoms with Crippen LogP contribution < -0.4 is 0 Å². The Morgan fingerprint density at radius 1 is 1.67 bits per heavy atom. The summed E-state index contributed by atoms with van der Waals surface area (Å²) in [6, 6.07) is 0. The molecular weight excluding hydrogens is 260 g/mol. The van der Waals surface area contributed by atoms with E-state index in [2.05, 4.69) is 15.9 Å². The lowest BCUT2D eigenvalue weighted by atomic mass is 10.1. The van der Waals surface area contributed by atoms with Crippen molar-refractivity contribution >= 4 is 27.7 Å². The van der Waals surface area contributed by atoms with Gasteiger partial charge < -0.3 is 4.74 Å². The molecule has 0 saturated heterocycles. The van der Waals surface area contributed by atoms with Crippen LogP contribution in [0.5, 0.6) is 0 Å². The average Bonchev–Trinajstić information content (AvgIpc) is 2.46. The minimum Gasteiger partial charge on any atom is -0.466 e. The maximum atomic E-state index is 11.4. The highest BCUT2D eigenvalue weighted by molar-refractivity contribution is 9.09. The average molecular weight is 275 g/mol. The van der Waals surface area contributed by atoms with Crippen molar-refractivity contribution in [2.45, 2.75) is 37.4 Å². The molecule has 84 valence electrons. The number of ether oxygens (including phenoxy) is 1. The Kier molecular flexibility index (Phi) is 5.02. The summed E-state index contributed by atoms with van der Waals surface area (Å²) in [5.74, 6) is 0.0136. The van der Waals surface area contributed by atoms with Gasteiger partial charge >= 0.3 is 5.97 Å². The van der Waals surface area contributed by atoms with Crippen molar-refractivity contribution in [2.24, 2.45) is 0 Å². The third-order valence-corrected chi connectivity index (χ3v) is 2.84. The van der Waals surface area contributed by atoms with Crippen LogP contribution >= 0.6 is 15.9 Å². The van der Waals surface area contributed by atoms with Crippen molar-refractivity contribution in [3.63, 3.8) is 0 Å². The van der Waals surface area contributed by atoms with Gasteiger partial charge in [0.1, 0.15) is 0 Å². The van der Waals surface area contributed by atoms with Crippen LogP contribution in [-0.4, -0.2) is 23.2 Å². The van der Waals surface area contributed by atoms with Gasteiger partial charge in [-0.05, 0) is 25.3 Å². The number of Topliss-reactive ketones (excluding diaryl/α,β-unsaturated/α-hetero) is 1. The highest BCUT2D eigenvalue weighted by Gasteiger charge is 2.21. The number of hydrogen-bond acceptors (Lipinski definition) is 3. The molecule has 0 N–H and O–H groups in total. The number of carbonyl (C=O) groups is 2. The Balaban J connectivity index is 2.23. The number of allylic oxidation sites excluding steroid dienone is 2. The van der Waals surface area contributed by atoms with Gasteiger partial charge in [-0.3, -0.25) is 9.59 Å². The van der Waals surface area contributed by atoms with E-state index in [1.54, 1.807) is 6.92 Å². The van der Waals surface area contributed by atoms with Crippen LogP contribution in [0.15, 0.2) is 11.6 Å². The summed E-state index contributed by atoms with van der Waals surface area (Å²) in [6.45, 7) is 2.21. The van der Waals surface area contributed by atoms with Gasteiger partial charge in [0.25, 0.3) is 0 Å². The van der Waals surface area contributed by atoms with E-state index in [1.807, 2.05) is 6.08 Å². The van der Waals surface area contributed by atoms with Crippen molar-refractivity contribution in [1.82, 2.24) is 0 Å². The second-order valence-corrected chi connectivity index (χ2v) is 4.67. The smallest absolute Gasteiger partial charge is 0.305 e. The molecule has 1 aliphatic rings. The molecule has 0 bridgehead atoms. The molecule has 1 aliphatic carbocycles. The largest absolute Gasteiger partial charge is 0.466 e. The normalized spacial score (nSPS) is 20.3. The first-order chi connectivity index (χ1) is 7.13. The number of carbonyl (C=O) groups excluding carboxylic acids is 2. The minimum absolute atomic E-state index is 0.182. The molecule has 0 heterocycles. The monoisotopic (exact) mass is 274 g/mol. The number of ketones is 1. The molecule has 1 atom stereocenters. The Bertz CT molecular complexity index is 284. The van der Waals surface area contributed by atoms with E-state index in [0.717, 1.165) is 5.57 Å². The highest BCUT2D eigenvalue weighted by atomic mass is 79.9. The van der Waals surface area contributed by atoms with Crippen LogP contribution in [0.2, 0.25) is 0 Å². The first-order valence-corrected chi connectivity index (χ1v) is 6.08. The van der Waals surface area contributed by atoms with Gasteiger partial charge in [0.05, 0.1) is 6.61 Å². The molecule has 0 aromatic heterocycles. The summed E-state index contributed by atoms with van der Waals surface area (Å²) in [7, 11) is 0. The number of alkyl halides is 1. The van der Waals surface area contributed by atoms with Crippen LogP contribution in [0, 0.1) is 0 Å². The molecular formula is C11H15BrO3. The Morgan fingerprint density at radius 3 is 2.93 bits per heavy atom. The van der Waals surface area contributed by atoms with Crippen LogP contribution in [0.25, 0.3) is 0 Å². The third-order valence-electron chi connectivity index (χ3n) is 2.25. The molecule has 3 nitrogen and oxygen atoms in total. The van der Waals surface area contributed by atoms with Crippen LogP contribution in [0.1, 0.15) is 32.6 Å². The molecule has 0 aromatic carbocycles. The van der Waals surface area contributed by atoms with E-state index in [1.165, 1.54) is 0 Å². The number of rotatable bonds is 5. The topological polar surface area (TPSA) is 43.4 Å². The predicted molar refractivity (Wildman–Crippen MR) is 60.9 cm³/mol. The fourth-order valence-corrected chi connectivity index (χ4v) is 2.17. The van der Waals surface area contributed by atoms with E-state index in [4.69, 9.17) is 4.74 Å². The van der Waals surface area contributed by atoms with Gasteiger partial charge in [-0.15, -0.1) is 0 Å². The quantitative estimate of drug-likeness (QED) is 0.571. The Hall–Kier alpha value is -0.640. The van der Waals surface area contributed by atoms with Gasteiger partial charge in [-0.1, -0.05) is 22.0 Å². The van der Waals surface area contributed by atoms with E-state index in [0.29, 0.717) is 32.3 Å². The summed E-state index contributed by atoms with van der Waals surface area (Å²) >= 11 is 3.38. The van der Waals surface area contributed by atoms with Crippen molar-refractivity contribution in [2.75, 3.05) is 6.61 Å². The van der Waals surface area contributed by atoms with E-state index in [9.17, 15) is 9.59 Å². The van der Waals surface area contributed by atoms with Gasteiger partial charge in [-0.25, -0.2) is 0 Å². The summed E-state index contributed by atoms with van der Waals surface area (Å²) in [5.41, 5.74) is 0.848. The fourth-order valence-electron chi connectivity index (χ4n) is 1.56. The van der Waals surface area contributed by atoms with Crippen molar-refractivity contribution in [3.05, 3.63) is 11.6 Å². The maximum Gasteiger partial charge on any atom is 0.305 e. The molecule has 1 rings (SSSR count). The molecule has 0 radical (unpaired) electrons. The second kappa shape index (κ2) is 6.05.